The van der Waals surface area contributed by atoms with Crippen molar-refractivity contribution in [2.24, 2.45) is 11.8 Å². The van der Waals surface area contributed by atoms with Gasteiger partial charge >= 0.3 is 0 Å². The molecule has 1 N–H and O–H groups in total. The van der Waals surface area contributed by atoms with Gasteiger partial charge in [0.05, 0.1) is 12.2 Å². The molecular formula is C21H26N2O3. The summed E-state index contributed by atoms with van der Waals surface area (Å²) in [5, 5.41) is 3.05. The van der Waals surface area contributed by atoms with Gasteiger partial charge in [0.2, 0.25) is 5.91 Å². The molecule has 26 heavy (non-hydrogen) atoms. The topological polar surface area (TPSA) is 62.6 Å². The van der Waals surface area contributed by atoms with Gasteiger partial charge in [-0.05, 0) is 30.0 Å². The highest BCUT2D eigenvalue weighted by molar-refractivity contribution is 5.92. The minimum Gasteiger partial charge on any atom is -0.459 e. The Bertz CT molecular complexity index is 725. The molecule has 2 amide bonds. The molecule has 2 heterocycles. The number of rotatable bonds is 6. The molecule has 0 bridgehead atoms. The third-order valence-electron chi connectivity index (χ3n) is 4.92. The Morgan fingerprint density at radius 2 is 1.92 bits per heavy atom. The quantitative estimate of drug-likeness (QED) is 0.866. The summed E-state index contributed by atoms with van der Waals surface area (Å²) in [6, 6.07) is 13.3. The van der Waals surface area contributed by atoms with Crippen LogP contribution in [0.25, 0.3) is 0 Å². The van der Waals surface area contributed by atoms with Gasteiger partial charge in [-0.2, -0.15) is 0 Å². The lowest BCUT2D eigenvalue weighted by Gasteiger charge is -2.18. The SMILES string of the molecule is CC(C)CCNC(=O)C1CN(C(=O)c2ccco2)CC1c1ccccc1. The number of hydrogen-bond acceptors (Lipinski definition) is 3. The van der Waals surface area contributed by atoms with Crippen LogP contribution in [-0.2, 0) is 4.79 Å². The molecule has 0 radical (unpaired) electrons. The lowest BCUT2D eigenvalue weighted by molar-refractivity contribution is -0.124. The lowest BCUT2D eigenvalue weighted by Crippen LogP contribution is -2.36. The van der Waals surface area contributed by atoms with E-state index >= 15 is 0 Å². The van der Waals surface area contributed by atoms with E-state index in [1.807, 2.05) is 30.3 Å². The van der Waals surface area contributed by atoms with E-state index in [0.29, 0.717) is 31.3 Å². The highest BCUT2D eigenvalue weighted by atomic mass is 16.3. The minimum atomic E-state index is -0.247. The lowest BCUT2D eigenvalue weighted by atomic mass is 9.88. The highest BCUT2D eigenvalue weighted by Crippen LogP contribution is 2.33. The summed E-state index contributed by atoms with van der Waals surface area (Å²) in [6.07, 6.45) is 2.44. The van der Waals surface area contributed by atoms with Gasteiger partial charge in [-0.15, -0.1) is 0 Å². The third kappa shape index (κ3) is 4.15. The molecule has 0 saturated carbocycles. The maximum absolute atomic E-state index is 12.8. The number of benzene rings is 1. The number of hydrogen-bond donors (Lipinski definition) is 1. The Balaban J connectivity index is 1.75. The van der Waals surface area contributed by atoms with Gasteiger partial charge in [0.1, 0.15) is 0 Å². The van der Waals surface area contributed by atoms with E-state index in [4.69, 9.17) is 4.42 Å². The van der Waals surface area contributed by atoms with E-state index < -0.39 is 0 Å². The van der Waals surface area contributed by atoms with Crippen molar-refractivity contribution in [2.75, 3.05) is 19.6 Å². The average Bonchev–Trinajstić information content (AvgIpc) is 3.31. The van der Waals surface area contributed by atoms with Crippen LogP contribution in [0.15, 0.2) is 53.1 Å². The van der Waals surface area contributed by atoms with Crippen molar-refractivity contribution in [3.05, 3.63) is 60.1 Å². The van der Waals surface area contributed by atoms with Gasteiger partial charge in [0, 0.05) is 25.6 Å². The molecule has 2 atom stereocenters. The van der Waals surface area contributed by atoms with Crippen molar-refractivity contribution < 1.29 is 14.0 Å². The zero-order valence-corrected chi connectivity index (χ0v) is 15.4. The summed E-state index contributed by atoms with van der Waals surface area (Å²) in [6.45, 7) is 5.87. The van der Waals surface area contributed by atoms with E-state index in [0.717, 1.165) is 12.0 Å². The average molecular weight is 354 g/mol. The first kappa shape index (κ1) is 18.2. The maximum atomic E-state index is 12.8. The van der Waals surface area contributed by atoms with Gasteiger partial charge in [-0.25, -0.2) is 0 Å². The van der Waals surface area contributed by atoms with E-state index in [2.05, 4.69) is 19.2 Å². The summed E-state index contributed by atoms with van der Waals surface area (Å²) in [7, 11) is 0. The molecule has 1 aromatic heterocycles. The Morgan fingerprint density at radius 1 is 1.15 bits per heavy atom. The van der Waals surface area contributed by atoms with E-state index in [1.165, 1.54) is 6.26 Å². The molecule has 1 aliphatic heterocycles. The first-order chi connectivity index (χ1) is 12.6. The molecule has 2 unspecified atom stereocenters. The standard InChI is InChI=1S/C21H26N2O3/c1-15(2)10-11-22-20(24)18-14-23(21(25)19-9-6-12-26-19)13-17(18)16-7-4-3-5-8-16/h3-9,12,15,17-18H,10-11,13-14H2,1-2H3,(H,22,24). The van der Waals surface area contributed by atoms with E-state index in [9.17, 15) is 9.59 Å². The second-order valence-electron chi connectivity index (χ2n) is 7.28. The van der Waals surface area contributed by atoms with Crippen LogP contribution >= 0.6 is 0 Å². The van der Waals surface area contributed by atoms with Gasteiger partial charge in [-0.3, -0.25) is 9.59 Å². The third-order valence-corrected chi connectivity index (χ3v) is 4.92. The summed E-state index contributed by atoms with van der Waals surface area (Å²) in [4.78, 5) is 27.2. The molecule has 5 heteroatoms. The van der Waals surface area contributed by atoms with Crippen LogP contribution in [0.2, 0.25) is 0 Å². The van der Waals surface area contributed by atoms with E-state index in [1.54, 1.807) is 17.0 Å². The highest BCUT2D eigenvalue weighted by Gasteiger charge is 2.40. The Hall–Kier alpha value is -2.56. The number of amides is 2. The fourth-order valence-electron chi connectivity index (χ4n) is 3.44. The molecular weight excluding hydrogens is 328 g/mol. The van der Waals surface area contributed by atoms with Crippen LogP contribution in [0.5, 0.6) is 0 Å². The van der Waals surface area contributed by atoms with Crippen LogP contribution in [0.4, 0.5) is 0 Å². The normalized spacial score (nSPS) is 19.7. The first-order valence-electron chi connectivity index (χ1n) is 9.21. The van der Waals surface area contributed by atoms with Crippen molar-refractivity contribution in [1.82, 2.24) is 10.2 Å². The molecule has 2 aromatic rings. The zero-order chi connectivity index (χ0) is 18.5. The van der Waals surface area contributed by atoms with Crippen molar-refractivity contribution in [3.63, 3.8) is 0 Å². The molecule has 138 valence electrons. The Morgan fingerprint density at radius 3 is 2.58 bits per heavy atom. The monoisotopic (exact) mass is 354 g/mol. The van der Waals surface area contributed by atoms with Crippen molar-refractivity contribution in [1.29, 1.82) is 0 Å². The summed E-state index contributed by atoms with van der Waals surface area (Å²) < 4.78 is 5.24. The maximum Gasteiger partial charge on any atom is 0.289 e. The number of furan rings is 1. The van der Waals surface area contributed by atoms with Crippen molar-refractivity contribution in [2.45, 2.75) is 26.2 Å². The molecule has 0 spiro atoms. The predicted molar refractivity (Wildman–Crippen MR) is 99.7 cm³/mol. The molecule has 0 aliphatic carbocycles. The number of nitrogens with zero attached hydrogens (tertiary/aromatic N) is 1. The number of carbonyl (C=O) groups is 2. The number of nitrogens with one attached hydrogen (secondary N) is 1. The molecule has 1 saturated heterocycles. The second kappa shape index (κ2) is 8.21. The van der Waals surface area contributed by atoms with Crippen LogP contribution in [0.3, 0.4) is 0 Å². The van der Waals surface area contributed by atoms with E-state index in [-0.39, 0.29) is 23.7 Å². The molecule has 1 fully saturated rings. The van der Waals surface area contributed by atoms with Gasteiger partial charge in [-0.1, -0.05) is 44.2 Å². The minimum absolute atomic E-state index is 0.00541. The zero-order valence-electron chi connectivity index (χ0n) is 15.4. The van der Waals surface area contributed by atoms with Gasteiger partial charge in [0.15, 0.2) is 5.76 Å². The summed E-state index contributed by atoms with van der Waals surface area (Å²) in [5.74, 6) is 0.471. The van der Waals surface area contributed by atoms with Gasteiger partial charge in [0.25, 0.3) is 5.91 Å². The van der Waals surface area contributed by atoms with Gasteiger partial charge < -0.3 is 14.6 Å². The van der Waals surface area contributed by atoms with Crippen LogP contribution in [0.1, 0.15) is 42.3 Å². The Labute approximate surface area is 154 Å². The molecule has 3 rings (SSSR count). The van der Waals surface area contributed by atoms with Crippen molar-refractivity contribution in [3.8, 4) is 0 Å². The summed E-state index contributed by atoms with van der Waals surface area (Å²) >= 11 is 0. The predicted octanol–water partition coefficient (Wildman–Crippen LogP) is 3.30. The largest absolute Gasteiger partial charge is 0.459 e. The van der Waals surface area contributed by atoms with Crippen LogP contribution in [0, 0.1) is 11.8 Å². The number of likely N-dealkylation sites (tertiary alicyclic amines) is 1. The molecule has 5 nitrogen and oxygen atoms in total. The number of carbonyl (C=O) groups excluding carboxylic acids is 2. The molecule has 1 aromatic carbocycles. The fourth-order valence-corrected chi connectivity index (χ4v) is 3.44. The van der Waals surface area contributed by atoms with Crippen LogP contribution in [-0.4, -0.2) is 36.3 Å². The second-order valence-corrected chi connectivity index (χ2v) is 7.28. The first-order valence-corrected chi connectivity index (χ1v) is 9.21. The smallest absolute Gasteiger partial charge is 0.289 e. The van der Waals surface area contributed by atoms with Crippen LogP contribution < -0.4 is 5.32 Å². The fraction of sp³-hybridized carbons (Fsp3) is 0.429. The Kier molecular flexibility index (Phi) is 5.76. The van der Waals surface area contributed by atoms with Crippen molar-refractivity contribution >= 4 is 11.8 Å². The summed E-state index contributed by atoms with van der Waals surface area (Å²) in [5.41, 5.74) is 1.09. The molecule has 1 aliphatic rings.